The third-order valence-corrected chi connectivity index (χ3v) is 2.88. The standard InChI is InChI=1S/C11H22N2O/c1-9(2)13(10(3)14)8-11-5-4-6-12-7-11/h9,11-12H,4-8H2,1-3H3/t11-/m0/s1. The minimum atomic E-state index is 0.200. The first-order chi connectivity index (χ1) is 6.61. The fourth-order valence-electron chi connectivity index (χ4n) is 2.06. The second-order valence-electron chi connectivity index (χ2n) is 4.48. The summed E-state index contributed by atoms with van der Waals surface area (Å²) in [5, 5.41) is 3.38. The summed E-state index contributed by atoms with van der Waals surface area (Å²) in [5.74, 6) is 0.848. The largest absolute Gasteiger partial charge is 0.340 e. The van der Waals surface area contributed by atoms with Crippen molar-refractivity contribution in [2.75, 3.05) is 19.6 Å². The molecule has 14 heavy (non-hydrogen) atoms. The van der Waals surface area contributed by atoms with Crippen LogP contribution in [0.4, 0.5) is 0 Å². The van der Waals surface area contributed by atoms with Gasteiger partial charge in [0.15, 0.2) is 0 Å². The first-order valence-corrected chi connectivity index (χ1v) is 5.59. The minimum Gasteiger partial charge on any atom is -0.340 e. The highest BCUT2D eigenvalue weighted by Gasteiger charge is 2.20. The summed E-state index contributed by atoms with van der Waals surface area (Å²) in [7, 11) is 0. The molecule has 0 radical (unpaired) electrons. The summed E-state index contributed by atoms with van der Waals surface area (Å²) < 4.78 is 0. The van der Waals surface area contributed by atoms with Gasteiger partial charge in [-0.3, -0.25) is 4.79 Å². The number of piperidine rings is 1. The van der Waals surface area contributed by atoms with Gasteiger partial charge in [0, 0.05) is 19.5 Å². The molecule has 1 saturated heterocycles. The highest BCUT2D eigenvalue weighted by molar-refractivity contribution is 5.73. The first-order valence-electron chi connectivity index (χ1n) is 5.59. The van der Waals surface area contributed by atoms with E-state index in [1.165, 1.54) is 12.8 Å². The number of hydrogen-bond acceptors (Lipinski definition) is 2. The van der Waals surface area contributed by atoms with E-state index in [1.807, 2.05) is 4.90 Å². The minimum absolute atomic E-state index is 0.200. The van der Waals surface area contributed by atoms with Crippen LogP contribution in [0.15, 0.2) is 0 Å². The van der Waals surface area contributed by atoms with Crippen LogP contribution < -0.4 is 5.32 Å². The molecule has 1 fully saturated rings. The molecule has 1 atom stereocenters. The maximum absolute atomic E-state index is 11.4. The highest BCUT2D eigenvalue weighted by Crippen LogP contribution is 2.13. The topological polar surface area (TPSA) is 32.3 Å². The Labute approximate surface area is 86.9 Å². The van der Waals surface area contributed by atoms with E-state index in [0.717, 1.165) is 19.6 Å². The number of carbonyl (C=O) groups is 1. The second-order valence-corrected chi connectivity index (χ2v) is 4.48. The van der Waals surface area contributed by atoms with Crippen molar-refractivity contribution in [1.29, 1.82) is 0 Å². The van der Waals surface area contributed by atoms with E-state index in [1.54, 1.807) is 6.92 Å². The Morgan fingerprint density at radius 1 is 1.57 bits per heavy atom. The van der Waals surface area contributed by atoms with Gasteiger partial charge in [-0.05, 0) is 45.7 Å². The summed E-state index contributed by atoms with van der Waals surface area (Å²) in [6, 6.07) is 0.328. The Balaban J connectivity index is 2.41. The van der Waals surface area contributed by atoms with Gasteiger partial charge in [-0.2, -0.15) is 0 Å². The molecule has 0 spiro atoms. The lowest BCUT2D eigenvalue weighted by Gasteiger charge is -2.32. The third-order valence-electron chi connectivity index (χ3n) is 2.88. The normalized spacial score (nSPS) is 22.4. The lowest BCUT2D eigenvalue weighted by Crippen LogP contribution is -2.43. The highest BCUT2D eigenvalue weighted by atomic mass is 16.2. The third kappa shape index (κ3) is 3.29. The van der Waals surface area contributed by atoms with E-state index >= 15 is 0 Å². The molecule has 0 aromatic heterocycles. The Morgan fingerprint density at radius 3 is 2.71 bits per heavy atom. The van der Waals surface area contributed by atoms with Crippen LogP contribution in [0.5, 0.6) is 0 Å². The molecule has 1 N–H and O–H groups in total. The smallest absolute Gasteiger partial charge is 0.219 e. The zero-order chi connectivity index (χ0) is 10.6. The van der Waals surface area contributed by atoms with Gasteiger partial charge in [-0.25, -0.2) is 0 Å². The molecular weight excluding hydrogens is 176 g/mol. The van der Waals surface area contributed by atoms with Crippen molar-refractivity contribution in [1.82, 2.24) is 10.2 Å². The van der Waals surface area contributed by atoms with Crippen molar-refractivity contribution in [3.8, 4) is 0 Å². The molecule has 1 heterocycles. The van der Waals surface area contributed by atoms with Crippen LogP contribution in [-0.2, 0) is 4.79 Å². The maximum Gasteiger partial charge on any atom is 0.219 e. The Hall–Kier alpha value is -0.570. The van der Waals surface area contributed by atoms with Crippen molar-refractivity contribution in [3.05, 3.63) is 0 Å². The molecule has 0 aromatic carbocycles. The van der Waals surface area contributed by atoms with E-state index < -0.39 is 0 Å². The summed E-state index contributed by atoms with van der Waals surface area (Å²) in [4.78, 5) is 13.3. The lowest BCUT2D eigenvalue weighted by molar-refractivity contribution is -0.131. The SMILES string of the molecule is CC(=O)N(C[C@H]1CCCNC1)C(C)C. The van der Waals surface area contributed by atoms with Gasteiger partial charge in [-0.15, -0.1) is 0 Å². The van der Waals surface area contributed by atoms with E-state index in [2.05, 4.69) is 19.2 Å². The molecule has 0 bridgehead atoms. The molecule has 1 rings (SSSR count). The molecule has 0 aromatic rings. The Morgan fingerprint density at radius 2 is 2.29 bits per heavy atom. The summed E-state index contributed by atoms with van der Waals surface area (Å²) in [6.07, 6.45) is 2.50. The quantitative estimate of drug-likeness (QED) is 0.740. The van der Waals surface area contributed by atoms with Crippen LogP contribution >= 0.6 is 0 Å². The van der Waals surface area contributed by atoms with Gasteiger partial charge in [0.25, 0.3) is 0 Å². The number of nitrogens with zero attached hydrogens (tertiary/aromatic N) is 1. The van der Waals surface area contributed by atoms with Gasteiger partial charge in [0.2, 0.25) is 5.91 Å². The molecular formula is C11H22N2O. The molecule has 0 saturated carbocycles. The predicted octanol–water partition coefficient (Wildman–Crippen LogP) is 1.24. The van der Waals surface area contributed by atoms with Crippen molar-refractivity contribution in [2.24, 2.45) is 5.92 Å². The summed E-state index contributed by atoms with van der Waals surface area (Å²) in [6.45, 7) is 8.94. The van der Waals surface area contributed by atoms with E-state index in [0.29, 0.717) is 12.0 Å². The van der Waals surface area contributed by atoms with E-state index in [-0.39, 0.29) is 5.91 Å². The van der Waals surface area contributed by atoms with Crippen LogP contribution in [-0.4, -0.2) is 36.5 Å². The average molecular weight is 198 g/mol. The molecule has 82 valence electrons. The molecule has 3 heteroatoms. The van der Waals surface area contributed by atoms with E-state index in [4.69, 9.17) is 0 Å². The Kier molecular flexibility index (Phi) is 4.39. The van der Waals surface area contributed by atoms with Gasteiger partial charge in [0.1, 0.15) is 0 Å². The average Bonchev–Trinajstić information content (AvgIpc) is 2.15. The van der Waals surface area contributed by atoms with Crippen LogP contribution in [0, 0.1) is 5.92 Å². The van der Waals surface area contributed by atoms with Gasteiger partial charge in [0.05, 0.1) is 0 Å². The fraction of sp³-hybridized carbons (Fsp3) is 0.909. The molecule has 0 unspecified atom stereocenters. The number of carbonyl (C=O) groups excluding carboxylic acids is 1. The fourth-order valence-corrected chi connectivity index (χ4v) is 2.06. The molecule has 3 nitrogen and oxygen atoms in total. The number of nitrogens with one attached hydrogen (secondary N) is 1. The first kappa shape index (κ1) is 11.5. The summed E-state index contributed by atoms with van der Waals surface area (Å²) >= 11 is 0. The zero-order valence-corrected chi connectivity index (χ0v) is 9.55. The number of hydrogen-bond donors (Lipinski definition) is 1. The van der Waals surface area contributed by atoms with Crippen molar-refractivity contribution in [3.63, 3.8) is 0 Å². The van der Waals surface area contributed by atoms with Gasteiger partial charge >= 0.3 is 0 Å². The number of rotatable bonds is 3. The lowest BCUT2D eigenvalue weighted by atomic mass is 9.98. The van der Waals surface area contributed by atoms with Crippen LogP contribution in [0.25, 0.3) is 0 Å². The van der Waals surface area contributed by atoms with Crippen LogP contribution in [0.2, 0.25) is 0 Å². The van der Waals surface area contributed by atoms with Gasteiger partial charge in [-0.1, -0.05) is 0 Å². The maximum atomic E-state index is 11.4. The van der Waals surface area contributed by atoms with Crippen LogP contribution in [0.1, 0.15) is 33.6 Å². The number of amides is 1. The van der Waals surface area contributed by atoms with Crippen molar-refractivity contribution < 1.29 is 4.79 Å². The zero-order valence-electron chi connectivity index (χ0n) is 9.55. The molecule has 0 aliphatic carbocycles. The molecule has 1 amide bonds. The summed E-state index contributed by atoms with van der Waals surface area (Å²) in [5.41, 5.74) is 0. The van der Waals surface area contributed by atoms with E-state index in [9.17, 15) is 4.79 Å². The van der Waals surface area contributed by atoms with Crippen molar-refractivity contribution >= 4 is 5.91 Å². The van der Waals surface area contributed by atoms with Crippen LogP contribution in [0.3, 0.4) is 0 Å². The Bertz CT molecular complexity index is 186. The second kappa shape index (κ2) is 5.35. The van der Waals surface area contributed by atoms with Crippen molar-refractivity contribution in [2.45, 2.75) is 39.7 Å². The molecule has 1 aliphatic rings. The monoisotopic (exact) mass is 198 g/mol. The predicted molar refractivity (Wildman–Crippen MR) is 58.1 cm³/mol. The molecule has 1 aliphatic heterocycles. The van der Waals surface area contributed by atoms with Gasteiger partial charge < -0.3 is 10.2 Å².